The second-order valence-corrected chi connectivity index (χ2v) is 9.25. The number of allylic oxidation sites excluding steroid dienone is 1. The Morgan fingerprint density at radius 2 is 1.82 bits per heavy atom. The molecule has 6 nitrogen and oxygen atoms in total. The topological polar surface area (TPSA) is 57.2 Å². The predicted molar refractivity (Wildman–Crippen MR) is 128 cm³/mol. The minimum Gasteiger partial charge on any atom is -0.478 e. The lowest BCUT2D eigenvalue weighted by molar-refractivity contribution is 0.0871. The zero-order valence-corrected chi connectivity index (χ0v) is 19.7. The molecule has 0 unspecified atom stereocenters. The van der Waals surface area contributed by atoms with Crippen LogP contribution in [0.4, 0.5) is 0 Å². The first kappa shape index (κ1) is 21.4. The number of ether oxygens (including phenoxy) is 4. The van der Waals surface area contributed by atoms with Crippen LogP contribution in [0.3, 0.4) is 0 Å². The second kappa shape index (κ2) is 8.24. The highest BCUT2D eigenvalue weighted by Gasteiger charge is 2.35. The monoisotopic (exact) mass is 495 g/mol. The quantitative estimate of drug-likeness (QED) is 0.415. The summed E-state index contributed by atoms with van der Waals surface area (Å²) in [7, 11) is 0. The van der Waals surface area contributed by atoms with Crippen molar-refractivity contribution in [2.45, 2.75) is 20.0 Å². The number of hydrogen-bond donors (Lipinski definition) is 0. The van der Waals surface area contributed by atoms with Gasteiger partial charge in [0.1, 0.15) is 18.2 Å². The Morgan fingerprint density at radius 3 is 2.68 bits per heavy atom. The van der Waals surface area contributed by atoms with Gasteiger partial charge in [-0.2, -0.15) is 0 Å². The van der Waals surface area contributed by atoms with Gasteiger partial charge in [-0.3, -0.25) is 9.69 Å². The molecule has 0 bridgehead atoms. The van der Waals surface area contributed by atoms with Crippen molar-refractivity contribution in [1.29, 1.82) is 0 Å². The normalized spacial score (nSPS) is 17.4. The fraction of sp³-hybridized carbons (Fsp3) is 0.192. The van der Waals surface area contributed by atoms with Gasteiger partial charge in [-0.1, -0.05) is 35.3 Å². The number of aryl methyl sites for hydroxylation is 1. The van der Waals surface area contributed by atoms with Crippen LogP contribution in [0.2, 0.25) is 10.0 Å². The summed E-state index contributed by atoms with van der Waals surface area (Å²) in [5.41, 5.74) is 4.06. The number of rotatable bonds is 3. The first-order valence-electron chi connectivity index (χ1n) is 10.8. The molecule has 0 spiro atoms. The molecule has 3 aliphatic heterocycles. The third kappa shape index (κ3) is 3.68. The molecule has 0 aromatic heterocycles. The summed E-state index contributed by atoms with van der Waals surface area (Å²) >= 11 is 12.2. The van der Waals surface area contributed by atoms with Crippen molar-refractivity contribution in [1.82, 2.24) is 4.90 Å². The van der Waals surface area contributed by atoms with Crippen LogP contribution >= 0.6 is 23.2 Å². The first-order valence-corrected chi connectivity index (χ1v) is 11.5. The molecule has 8 heteroatoms. The van der Waals surface area contributed by atoms with Crippen molar-refractivity contribution < 1.29 is 23.7 Å². The minimum absolute atomic E-state index is 0.158. The lowest BCUT2D eigenvalue weighted by atomic mass is 9.98. The maximum Gasteiger partial charge on any atom is 0.232 e. The third-order valence-electron chi connectivity index (χ3n) is 6.07. The molecular weight excluding hydrogens is 477 g/mol. The van der Waals surface area contributed by atoms with E-state index >= 15 is 0 Å². The molecule has 0 aliphatic carbocycles. The molecule has 0 N–H and O–H groups in total. The third-order valence-corrected chi connectivity index (χ3v) is 6.81. The van der Waals surface area contributed by atoms with Crippen LogP contribution in [-0.4, -0.2) is 24.2 Å². The number of fused-ring (bicyclic) bond motifs is 4. The number of Topliss-reactive ketones (excluding diaryl/α,β-unsaturated/α-hetero) is 1. The highest BCUT2D eigenvalue weighted by molar-refractivity contribution is 6.42. The van der Waals surface area contributed by atoms with Gasteiger partial charge in [-0.15, -0.1) is 0 Å². The summed E-state index contributed by atoms with van der Waals surface area (Å²) in [4.78, 5) is 15.4. The van der Waals surface area contributed by atoms with Crippen LogP contribution in [0, 0.1) is 6.92 Å². The molecule has 3 aliphatic rings. The largest absolute Gasteiger partial charge is 0.478 e. The summed E-state index contributed by atoms with van der Waals surface area (Å²) in [6.07, 6.45) is 1.68. The minimum atomic E-state index is -0.158. The fourth-order valence-electron chi connectivity index (χ4n) is 4.43. The Hall–Kier alpha value is -3.19. The summed E-state index contributed by atoms with van der Waals surface area (Å²) < 4.78 is 23.1. The molecular formula is C26H19Cl2NO5. The predicted octanol–water partition coefficient (Wildman–Crippen LogP) is 6.00. The van der Waals surface area contributed by atoms with Gasteiger partial charge < -0.3 is 18.9 Å². The molecule has 3 heterocycles. The van der Waals surface area contributed by atoms with E-state index in [-0.39, 0.29) is 18.3 Å². The second-order valence-electron chi connectivity index (χ2n) is 8.44. The summed E-state index contributed by atoms with van der Waals surface area (Å²) in [5.74, 6) is 2.89. The Labute approximate surface area is 206 Å². The van der Waals surface area contributed by atoms with Crippen LogP contribution in [0.1, 0.15) is 32.6 Å². The average Bonchev–Trinajstić information content (AvgIpc) is 3.41. The van der Waals surface area contributed by atoms with Crippen molar-refractivity contribution in [3.63, 3.8) is 0 Å². The van der Waals surface area contributed by atoms with E-state index in [2.05, 4.69) is 4.90 Å². The smallest absolute Gasteiger partial charge is 0.232 e. The first-order chi connectivity index (χ1) is 16.5. The van der Waals surface area contributed by atoms with Crippen LogP contribution in [0.15, 0.2) is 48.2 Å². The molecule has 6 rings (SSSR count). The number of ketones is 1. The van der Waals surface area contributed by atoms with Gasteiger partial charge in [-0.25, -0.2) is 0 Å². The van der Waals surface area contributed by atoms with Gasteiger partial charge in [0, 0.05) is 13.1 Å². The number of carbonyl (C=O) groups is 1. The number of halogens is 2. The van der Waals surface area contributed by atoms with Crippen LogP contribution < -0.4 is 18.9 Å². The lowest BCUT2D eigenvalue weighted by Crippen LogP contribution is -2.31. The maximum atomic E-state index is 13.2. The Balaban J connectivity index is 1.29. The van der Waals surface area contributed by atoms with Gasteiger partial charge >= 0.3 is 0 Å². The number of carbonyl (C=O) groups excluding carboxylic acids is 1. The highest BCUT2D eigenvalue weighted by Crippen LogP contribution is 2.44. The number of benzene rings is 3. The SMILES string of the molecule is Cc1cc2c(c3c1C(=O)/C(=C/c1ccc(Cl)c(Cl)c1)O3)CN(Cc1ccc3c(c1)OCO3)CO2. The Bertz CT molecular complexity index is 1380. The molecule has 0 fully saturated rings. The summed E-state index contributed by atoms with van der Waals surface area (Å²) in [5, 5.41) is 0.871. The van der Waals surface area contributed by atoms with Crippen molar-refractivity contribution >= 4 is 35.1 Å². The standard InChI is InChI=1S/C26H19Cl2NO5/c1-14-6-21-17(11-29(12-31-21)10-16-3-5-20-22(9-16)33-13-32-20)26-24(14)25(30)23(34-26)8-15-2-4-18(27)19(28)7-15/h2-9H,10-13H2,1H3/b23-8-. The molecule has 3 aromatic rings. The van der Waals surface area contributed by atoms with E-state index in [1.807, 2.05) is 31.2 Å². The van der Waals surface area contributed by atoms with Crippen molar-refractivity contribution in [3.05, 3.63) is 86.1 Å². The van der Waals surface area contributed by atoms with Crippen LogP contribution in [-0.2, 0) is 13.1 Å². The van der Waals surface area contributed by atoms with Crippen molar-refractivity contribution in [2.75, 3.05) is 13.5 Å². The van der Waals surface area contributed by atoms with E-state index in [9.17, 15) is 4.79 Å². The summed E-state index contributed by atoms with van der Waals surface area (Å²) in [6.45, 7) is 3.80. The molecule has 172 valence electrons. The molecule has 0 amide bonds. The van der Waals surface area contributed by atoms with Gasteiger partial charge in [0.15, 0.2) is 17.3 Å². The van der Waals surface area contributed by atoms with E-state index in [0.717, 1.165) is 39.5 Å². The van der Waals surface area contributed by atoms with E-state index in [1.54, 1.807) is 24.3 Å². The van der Waals surface area contributed by atoms with Crippen LogP contribution in [0.25, 0.3) is 6.08 Å². The number of hydrogen-bond acceptors (Lipinski definition) is 6. The Morgan fingerprint density at radius 1 is 0.971 bits per heavy atom. The number of nitrogens with zero attached hydrogens (tertiary/aromatic N) is 1. The zero-order chi connectivity index (χ0) is 23.4. The van der Waals surface area contributed by atoms with E-state index in [0.29, 0.717) is 41.2 Å². The lowest BCUT2D eigenvalue weighted by Gasteiger charge is -2.30. The highest BCUT2D eigenvalue weighted by atomic mass is 35.5. The van der Waals surface area contributed by atoms with E-state index in [1.165, 1.54) is 0 Å². The molecule has 0 saturated carbocycles. The van der Waals surface area contributed by atoms with E-state index < -0.39 is 0 Å². The fourth-order valence-corrected chi connectivity index (χ4v) is 4.73. The average molecular weight is 496 g/mol. The van der Waals surface area contributed by atoms with Crippen molar-refractivity contribution in [2.24, 2.45) is 0 Å². The van der Waals surface area contributed by atoms with Crippen LogP contribution in [0.5, 0.6) is 23.0 Å². The van der Waals surface area contributed by atoms with E-state index in [4.69, 9.17) is 42.1 Å². The molecule has 0 atom stereocenters. The maximum absolute atomic E-state index is 13.2. The molecule has 3 aromatic carbocycles. The van der Waals surface area contributed by atoms with Gasteiger partial charge in [0.25, 0.3) is 0 Å². The Kier molecular flexibility index (Phi) is 5.17. The molecule has 0 radical (unpaired) electrons. The van der Waals surface area contributed by atoms with Gasteiger partial charge in [-0.05, 0) is 60.0 Å². The van der Waals surface area contributed by atoms with Gasteiger partial charge in [0.2, 0.25) is 12.6 Å². The summed E-state index contributed by atoms with van der Waals surface area (Å²) in [6, 6.07) is 13.0. The molecule has 0 saturated heterocycles. The molecule has 34 heavy (non-hydrogen) atoms. The van der Waals surface area contributed by atoms with Crippen molar-refractivity contribution in [3.8, 4) is 23.0 Å². The van der Waals surface area contributed by atoms with Gasteiger partial charge in [0.05, 0.1) is 21.2 Å². The zero-order valence-electron chi connectivity index (χ0n) is 18.2.